The number of aromatic hydroxyl groups is 1. The smallest absolute Gasteiger partial charge is 0.174 e. The van der Waals surface area contributed by atoms with Crippen molar-refractivity contribution < 1.29 is 10.3 Å². The molecule has 0 aliphatic carbocycles. The first-order chi connectivity index (χ1) is 5.66. The van der Waals surface area contributed by atoms with Crippen molar-refractivity contribution in [3.05, 3.63) is 28.2 Å². The van der Waals surface area contributed by atoms with E-state index < -0.39 is 0 Å². The van der Waals surface area contributed by atoms with Crippen molar-refractivity contribution in [2.75, 3.05) is 0 Å². The third-order valence-corrected chi connectivity index (χ3v) is 2.02. The summed E-state index contributed by atoms with van der Waals surface area (Å²) in [5, 5.41) is 20.4. The molecule has 0 atom stereocenters. The van der Waals surface area contributed by atoms with Gasteiger partial charge in [0.15, 0.2) is 5.84 Å². The minimum absolute atomic E-state index is 0.0281. The fraction of sp³-hybridized carbons (Fsp3) is 0. The highest BCUT2D eigenvalue weighted by Crippen LogP contribution is 2.24. The van der Waals surface area contributed by atoms with Crippen LogP contribution >= 0.6 is 15.9 Å². The van der Waals surface area contributed by atoms with Gasteiger partial charge >= 0.3 is 0 Å². The summed E-state index contributed by atoms with van der Waals surface area (Å²) < 4.78 is 0.581. The molecule has 1 aromatic carbocycles. The van der Waals surface area contributed by atoms with E-state index in [1.54, 1.807) is 12.1 Å². The Morgan fingerprint density at radius 3 is 2.67 bits per heavy atom. The molecule has 64 valence electrons. The predicted molar refractivity (Wildman–Crippen MR) is 48.3 cm³/mol. The second-order valence-electron chi connectivity index (χ2n) is 2.12. The van der Waals surface area contributed by atoms with Gasteiger partial charge < -0.3 is 16.0 Å². The normalized spacial score (nSPS) is 11.6. The highest BCUT2D eigenvalue weighted by molar-refractivity contribution is 9.10. The van der Waals surface area contributed by atoms with Crippen LogP contribution in [0.3, 0.4) is 0 Å². The number of rotatable bonds is 1. The number of phenols is 1. The second kappa shape index (κ2) is 3.44. The summed E-state index contributed by atoms with van der Waals surface area (Å²) in [7, 11) is 0. The molecule has 0 fully saturated rings. The number of nitrogens with two attached hydrogens (primary N) is 1. The van der Waals surface area contributed by atoms with E-state index >= 15 is 0 Å². The van der Waals surface area contributed by atoms with E-state index in [-0.39, 0.29) is 11.6 Å². The van der Waals surface area contributed by atoms with Crippen molar-refractivity contribution in [3.8, 4) is 5.75 Å². The van der Waals surface area contributed by atoms with Crippen LogP contribution in [0.2, 0.25) is 0 Å². The largest absolute Gasteiger partial charge is 0.507 e. The van der Waals surface area contributed by atoms with E-state index in [1.165, 1.54) is 6.07 Å². The monoisotopic (exact) mass is 230 g/mol. The van der Waals surface area contributed by atoms with Crippen LogP contribution in [0.25, 0.3) is 0 Å². The Labute approximate surface area is 77.4 Å². The lowest BCUT2D eigenvalue weighted by Crippen LogP contribution is -2.13. The molecule has 0 amide bonds. The quantitative estimate of drug-likeness (QED) is 0.294. The fourth-order valence-electron chi connectivity index (χ4n) is 0.816. The van der Waals surface area contributed by atoms with Crippen LogP contribution in [0.1, 0.15) is 5.56 Å². The molecule has 1 aromatic rings. The maximum atomic E-state index is 9.29. The van der Waals surface area contributed by atoms with Gasteiger partial charge in [0, 0.05) is 4.47 Å². The summed E-state index contributed by atoms with van der Waals surface area (Å²) in [5.74, 6) is -0.153. The SMILES string of the molecule is N/C(=N/O)c1c(O)cccc1Br. The Balaban J connectivity index is 3.31. The van der Waals surface area contributed by atoms with Crippen LogP contribution in [0, 0.1) is 0 Å². The standard InChI is InChI=1S/C7H7BrN2O2/c8-4-2-1-3-5(11)6(4)7(9)10-12/h1-3,11-12H,(H2,9,10). The predicted octanol–water partition coefficient (Wildman–Crippen LogP) is 1.25. The average molecular weight is 231 g/mol. The van der Waals surface area contributed by atoms with Crippen LogP contribution in [-0.4, -0.2) is 16.1 Å². The number of phenolic OH excluding ortho intramolecular Hbond substituents is 1. The molecule has 0 radical (unpaired) electrons. The van der Waals surface area contributed by atoms with Gasteiger partial charge in [0.25, 0.3) is 0 Å². The zero-order chi connectivity index (χ0) is 9.14. The van der Waals surface area contributed by atoms with Gasteiger partial charge in [-0.15, -0.1) is 0 Å². The molecule has 0 aromatic heterocycles. The lowest BCUT2D eigenvalue weighted by atomic mass is 10.2. The van der Waals surface area contributed by atoms with Crippen molar-refractivity contribution in [3.63, 3.8) is 0 Å². The van der Waals surface area contributed by atoms with Crippen LogP contribution in [0.4, 0.5) is 0 Å². The topological polar surface area (TPSA) is 78.8 Å². The Hall–Kier alpha value is -1.23. The van der Waals surface area contributed by atoms with E-state index in [1.807, 2.05) is 0 Å². The van der Waals surface area contributed by atoms with Crippen molar-refractivity contribution in [1.29, 1.82) is 0 Å². The lowest BCUT2D eigenvalue weighted by Gasteiger charge is -2.03. The maximum Gasteiger partial charge on any atom is 0.174 e. The molecule has 4 nitrogen and oxygen atoms in total. The number of nitrogens with zero attached hydrogens (tertiary/aromatic N) is 1. The third-order valence-electron chi connectivity index (χ3n) is 1.36. The Bertz CT molecular complexity index is 305. The van der Waals surface area contributed by atoms with Gasteiger partial charge in [0.1, 0.15) is 5.75 Å². The van der Waals surface area contributed by atoms with Gasteiger partial charge in [0.05, 0.1) is 5.56 Å². The zero-order valence-electron chi connectivity index (χ0n) is 6.03. The van der Waals surface area contributed by atoms with Crippen LogP contribution < -0.4 is 5.73 Å². The van der Waals surface area contributed by atoms with Gasteiger partial charge in [0.2, 0.25) is 0 Å². The fourth-order valence-corrected chi connectivity index (χ4v) is 1.38. The van der Waals surface area contributed by atoms with Crippen LogP contribution in [0.15, 0.2) is 27.8 Å². The summed E-state index contributed by atoms with van der Waals surface area (Å²) in [6.45, 7) is 0. The molecule has 0 aliphatic rings. The molecule has 0 saturated carbocycles. The number of amidine groups is 1. The number of oxime groups is 1. The third kappa shape index (κ3) is 1.50. The molecule has 0 aliphatic heterocycles. The van der Waals surface area contributed by atoms with Crippen molar-refractivity contribution in [1.82, 2.24) is 0 Å². The molecule has 0 saturated heterocycles. The molecular formula is C7H7BrN2O2. The molecule has 0 heterocycles. The first kappa shape index (κ1) is 8.86. The van der Waals surface area contributed by atoms with Gasteiger partial charge in [-0.25, -0.2) is 0 Å². The molecule has 1 rings (SSSR count). The van der Waals surface area contributed by atoms with Crippen LogP contribution in [0.5, 0.6) is 5.75 Å². The van der Waals surface area contributed by atoms with E-state index in [2.05, 4.69) is 21.1 Å². The van der Waals surface area contributed by atoms with E-state index in [0.717, 1.165) is 0 Å². The molecule has 0 bridgehead atoms. The molecule has 5 heteroatoms. The molecular weight excluding hydrogens is 224 g/mol. The highest BCUT2D eigenvalue weighted by atomic mass is 79.9. The zero-order valence-corrected chi connectivity index (χ0v) is 7.62. The van der Waals surface area contributed by atoms with Gasteiger partial charge in [-0.05, 0) is 28.1 Å². The summed E-state index contributed by atoms with van der Waals surface area (Å²) in [6.07, 6.45) is 0. The first-order valence-corrected chi connectivity index (χ1v) is 3.91. The highest BCUT2D eigenvalue weighted by Gasteiger charge is 2.09. The summed E-state index contributed by atoms with van der Waals surface area (Å²) >= 11 is 3.16. The number of hydrogen-bond donors (Lipinski definition) is 3. The van der Waals surface area contributed by atoms with E-state index in [9.17, 15) is 5.11 Å². The van der Waals surface area contributed by atoms with Gasteiger partial charge in [-0.1, -0.05) is 11.2 Å². The van der Waals surface area contributed by atoms with Gasteiger partial charge in [-0.3, -0.25) is 0 Å². The first-order valence-electron chi connectivity index (χ1n) is 3.12. The molecule has 0 unspecified atom stereocenters. The molecule has 12 heavy (non-hydrogen) atoms. The summed E-state index contributed by atoms with van der Waals surface area (Å²) in [5.41, 5.74) is 5.60. The van der Waals surface area contributed by atoms with Gasteiger partial charge in [-0.2, -0.15) is 0 Å². The number of hydrogen-bond acceptors (Lipinski definition) is 3. The summed E-state index contributed by atoms with van der Waals surface area (Å²) in [6, 6.07) is 4.79. The lowest BCUT2D eigenvalue weighted by molar-refractivity contribution is 0.318. The number of halogens is 1. The second-order valence-corrected chi connectivity index (χ2v) is 2.97. The van der Waals surface area contributed by atoms with Crippen molar-refractivity contribution in [2.24, 2.45) is 10.9 Å². The number of benzene rings is 1. The van der Waals surface area contributed by atoms with E-state index in [0.29, 0.717) is 10.0 Å². The maximum absolute atomic E-state index is 9.29. The minimum atomic E-state index is -0.125. The average Bonchev–Trinajstić information content (AvgIpc) is 2.03. The minimum Gasteiger partial charge on any atom is -0.507 e. The summed E-state index contributed by atoms with van der Waals surface area (Å²) in [4.78, 5) is 0. The molecule has 0 spiro atoms. The van der Waals surface area contributed by atoms with E-state index in [4.69, 9.17) is 10.9 Å². The molecule has 4 N–H and O–H groups in total. The Morgan fingerprint density at radius 1 is 1.50 bits per heavy atom. The van der Waals surface area contributed by atoms with Crippen LogP contribution in [-0.2, 0) is 0 Å². The Kier molecular flexibility index (Phi) is 2.54. The Morgan fingerprint density at radius 2 is 2.17 bits per heavy atom. The van der Waals surface area contributed by atoms with Crippen molar-refractivity contribution >= 4 is 21.8 Å². The van der Waals surface area contributed by atoms with Crippen molar-refractivity contribution in [2.45, 2.75) is 0 Å².